The van der Waals surface area contributed by atoms with E-state index in [1.807, 2.05) is 24.3 Å². The molecule has 1 aromatic carbocycles. The predicted molar refractivity (Wildman–Crippen MR) is 57.2 cm³/mol. The maximum Gasteiger partial charge on any atom is 0.163 e. The number of benzene rings is 1. The lowest BCUT2D eigenvalue weighted by molar-refractivity contribution is 0.616. The second-order valence-electron chi connectivity index (χ2n) is 3.22. The Morgan fingerprint density at radius 3 is 2.60 bits per heavy atom. The third-order valence-electron chi connectivity index (χ3n) is 2.29. The number of hydrogen-bond acceptors (Lipinski definition) is 3. The molecule has 0 saturated heterocycles. The molecule has 2 heterocycles. The molecule has 3 heteroatoms. The summed E-state index contributed by atoms with van der Waals surface area (Å²) in [6.07, 6.45) is 5.15. The van der Waals surface area contributed by atoms with Crippen molar-refractivity contribution in [2.24, 2.45) is 0 Å². The van der Waals surface area contributed by atoms with E-state index in [0.29, 0.717) is 5.82 Å². The maximum absolute atomic E-state index is 5.42. The van der Waals surface area contributed by atoms with Gasteiger partial charge in [0.2, 0.25) is 0 Å². The van der Waals surface area contributed by atoms with Gasteiger partial charge in [0.05, 0.1) is 5.56 Å². The molecule has 2 aromatic heterocycles. The number of nitrogens with zero attached hydrogens (tertiary/aromatic N) is 2. The van der Waals surface area contributed by atoms with E-state index in [1.165, 1.54) is 0 Å². The molecule has 0 amide bonds. The summed E-state index contributed by atoms with van der Waals surface area (Å²) in [7, 11) is 0. The van der Waals surface area contributed by atoms with Gasteiger partial charge in [-0.2, -0.15) is 0 Å². The molecular weight excluding hydrogens is 188 g/mol. The van der Waals surface area contributed by atoms with E-state index in [9.17, 15) is 0 Å². The predicted octanol–water partition coefficient (Wildman–Crippen LogP) is 2.89. The van der Waals surface area contributed by atoms with Gasteiger partial charge >= 0.3 is 0 Å². The number of aromatic nitrogens is 2. The molecule has 0 atom stereocenters. The number of rotatable bonds is 1. The van der Waals surface area contributed by atoms with E-state index in [1.54, 1.807) is 24.7 Å². The molecule has 0 aliphatic rings. The van der Waals surface area contributed by atoms with Gasteiger partial charge < -0.3 is 4.42 Å². The average molecular weight is 196 g/mol. The fourth-order valence-electron chi connectivity index (χ4n) is 1.59. The molecule has 0 N–H and O–H groups in total. The molecule has 0 fully saturated rings. The van der Waals surface area contributed by atoms with Crippen LogP contribution in [0.3, 0.4) is 0 Å². The monoisotopic (exact) mass is 196 g/mol. The van der Waals surface area contributed by atoms with Crippen molar-refractivity contribution in [2.75, 3.05) is 0 Å². The van der Waals surface area contributed by atoms with Crippen molar-refractivity contribution in [3.05, 3.63) is 49.0 Å². The molecule has 0 saturated carbocycles. The molecule has 0 unspecified atom stereocenters. The molecule has 0 aliphatic carbocycles. The van der Waals surface area contributed by atoms with Crippen LogP contribution in [0.25, 0.3) is 22.4 Å². The first-order valence-electron chi connectivity index (χ1n) is 4.69. The van der Waals surface area contributed by atoms with Gasteiger partial charge in [-0.05, 0) is 12.1 Å². The zero-order valence-electron chi connectivity index (χ0n) is 7.92. The van der Waals surface area contributed by atoms with Crippen LogP contribution in [0.15, 0.2) is 53.4 Å². The lowest BCUT2D eigenvalue weighted by Crippen LogP contribution is -1.84. The SMILES string of the molecule is c1cnc(-c2coc3ccccc23)nc1. The van der Waals surface area contributed by atoms with E-state index in [0.717, 1.165) is 16.5 Å². The van der Waals surface area contributed by atoms with E-state index in [-0.39, 0.29) is 0 Å². The van der Waals surface area contributed by atoms with Crippen LogP contribution in [0, 0.1) is 0 Å². The summed E-state index contributed by atoms with van der Waals surface area (Å²) in [5, 5.41) is 1.05. The van der Waals surface area contributed by atoms with Crippen LogP contribution in [0.5, 0.6) is 0 Å². The zero-order valence-corrected chi connectivity index (χ0v) is 7.92. The first kappa shape index (κ1) is 8.17. The molecule has 15 heavy (non-hydrogen) atoms. The molecule has 0 bridgehead atoms. The van der Waals surface area contributed by atoms with Crippen molar-refractivity contribution in [1.29, 1.82) is 0 Å². The molecule has 3 rings (SSSR count). The first-order valence-corrected chi connectivity index (χ1v) is 4.69. The molecule has 0 radical (unpaired) electrons. The Morgan fingerprint density at radius 2 is 1.73 bits per heavy atom. The fraction of sp³-hybridized carbons (Fsp3) is 0. The minimum atomic E-state index is 0.697. The molecule has 72 valence electrons. The van der Waals surface area contributed by atoms with Crippen molar-refractivity contribution in [3.8, 4) is 11.4 Å². The van der Waals surface area contributed by atoms with Gasteiger partial charge in [0.1, 0.15) is 11.8 Å². The van der Waals surface area contributed by atoms with E-state index < -0.39 is 0 Å². The summed E-state index contributed by atoms with van der Waals surface area (Å²) in [5.41, 5.74) is 1.80. The van der Waals surface area contributed by atoms with Gasteiger partial charge in [0.15, 0.2) is 5.82 Å². The van der Waals surface area contributed by atoms with Gasteiger partial charge in [0.25, 0.3) is 0 Å². The second-order valence-corrected chi connectivity index (χ2v) is 3.22. The van der Waals surface area contributed by atoms with Gasteiger partial charge in [-0.3, -0.25) is 0 Å². The van der Waals surface area contributed by atoms with Gasteiger partial charge in [0, 0.05) is 17.8 Å². The molecule has 0 spiro atoms. The van der Waals surface area contributed by atoms with E-state index >= 15 is 0 Å². The topological polar surface area (TPSA) is 38.9 Å². The Hall–Kier alpha value is -2.16. The summed E-state index contributed by atoms with van der Waals surface area (Å²) >= 11 is 0. The lowest BCUT2D eigenvalue weighted by atomic mass is 10.1. The minimum absolute atomic E-state index is 0.697. The van der Waals surface area contributed by atoms with Crippen molar-refractivity contribution in [1.82, 2.24) is 9.97 Å². The van der Waals surface area contributed by atoms with Crippen LogP contribution in [-0.2, 0) is 0 Å². The Kier molecular flexibility index (Phi) is 1.75. The summed E-state index contributed by atoms with van der Waals surface area (Å²) in [5.74, 6) is 0.697. The van der Waals surface area contributed by atoms with Crippen LogP contribution in [-0.4, -0.2) is 9.97 Å². The Morgan fingerprint density at radius 1 is 0.933 bits per heavy atom. The van der Waals surface area contributed by atoms with E-state index in [2.05, 4.69) is 9.97 Å². The lowest BCUT2D eigenvalue weighted by Gasteiger charge is -1.94. The standard InChI is InChI=1S/C12H8N2O/c1-2-5-11-9(4-1)10(8-15-11)12-13-6-3-7-14-12/h1-8H. The highest BCUT2D eigenvalue weighted by molar-refractivity contribution is 5.91. The molecular formula is C12H8N2O. The normalized spacial score (nSPS) is 10.7. The third kappa shape index (κ3) is 1.29. The summed E-state index contributed by atoms with van der Waals surface area (Å²) in [4.78, 5) is 8.40. The highest BCUT2D eigenvalue weighted by Gasteiger charge is 2.08. The van der Waals surface area contributed by atoms with Gasteiger partial charge in [-0.1, -0.05) is 18.2 Å². The van der Waals surface area contributed by atoms with E-state index in [4.69, 9.17) is 4.42 Å². The molecule has 3 nitrogen and oxygen atoms in total. The quantitative estimate of drug-likeness (QED) is 0.600. The first-order chi connectivity index (χ1) is 7.45. The second kappa shape index (κ2) is 3.20. The smallest absolute Gasteiger partial charge is 0.163 e. The Bertz CT molecular complexity index is 587. The minimum Gasteiger partial charge on any atom is -0.464 e. The summed E-state index contributed by atoms with van der Waals surface area (Å²) < 4.78 is 5.42. The summed E-state index contributed by atoms with van der Waals surface area (Å²) in [6.45, 7) is 0. The van der Waals surface area contributed by atoms with Crippen LogP contribution in [0.4, 0.5) is 0 Å². The van der Waals surface area contributed by atoms with Crippen molar-refractivity contribution < 1.29 is 4.42 Å². The largest absolute Gasteiger partial charge is 0.464 e. The van der Waals surface area contributed by atoms with Crippen molar-refractivity contribution in [2.45, 2.75) is 0 Å². The number of hydrogen-bond donors (Lipinski definition) is 0. The van der Waals surface area contributed by atoms with Gasteiger partial charge in [-0.25, -0.2) is 9.97 Å². The van der Waals surface area contributed by atoms with Crippen LogP contribution in [0.2, 0.25) is 0 Å². The number of para-hydroxylation sites is 1. The molecule has 0 aliphatic heterocycles. The van der Waals surface area contributed by atoms with Crippen LogP contribution >= 0.6 is 0 Å². The fourth-order valence-corrected chi connectivity index (χ4v) is 1.59. The van der Waals surface area contributed by atoms with Crippen LogP contribution in [0.1, 0.15) is 0 Å². The Labute approximate surface area is 86.4 Å². The zero-order chi connectivity index (χ0) is 10.1. The third-order valence-corrected chi connectivity index (χ3v) is 2.29. The van der Waals surface area contributed by atoms with Crippen LogP contribution < -0.4 is 0 Å². The summed E-state index contributed by atoms with van der Waals surface area (Å²) in [6, 6.07) is 9.66. The average Bonchev–Trinajstić information content (AvgIpc) is 2.74. The highest BCUT2D eigenvalue weighted by atomic mass is 16.3. The molecule has 3 aromatic rings. The Balaban J connectivity index is 2.28. The maximum atomic E-state index is 5.42. The van der Waals surface area contributed by atoms with Crippen molar-refractivity contribution in [3.63, 3.8) is 0 Å². The highest BCUT2D eigenvalue weighted by Crippen LogP contribution is 2.27. The number of fused-ring (bicyclic) bond motifs is 1. The van der Waals surface area contributed by atoms with Gasteiger partial charge in [-0.15, -0.1) is 0 Å². The van der Waals surface area contributed by atoms with Crippen molar-refractivity contribution >= 4 is 11.0 Å². The number of furan rings is 1.